The molecule has 1 amide bonds. The van der Waals surface area contributed by atoms with Crippen LogP contribution in [0.2, 0.25) is 0 Å². The fraction of sp³-hybridized carbons (Fsp3) is 0.611. The summed E-state index contributed by atoms with van der Waals surface area (Å²) in [5, 5.41) is 17.2. The van der Waals surface area contributed by atoms with Gasteiger partial charge in [0, 0.05) is 56.9 Å². The Morgan fingerprint density at radius 3 is 2.50 bits per heavy atom. The van der Waals surface area contributed by atoms with E-state index in [0.717, 1.165) is 39.1 Å². The van der Waals surface area contributed by atoms with Gasteiger partial charge in [0.05, 0.1) is 4.92 Å². The molecule has 8 nitrogen and oxygen atoms in total. The minimum atomic E-state index is -0.453. The molecule has 2 N–H and O–H groups in total. The fourth-order valence-electron chi connectivity index (χ4n) is 3.01. The second kappa shape index (κ2) is 8.46. The number of nitrogens with zero attached hydrogens (tertiary/aromatic N) is 3. The minimum Gasteiger partial charge on any atom is -0.375 e. The molecule has 1 aliphatic rings. The zero-order valence-electron chi connectivity index (χ0n) is 16.0. The van der Waals surface area contributed by atoms with Gasteiger partial charge >= 0.3 is 0 Å². The maximum atomic E-state index is 11.7. The van der Waals surface area contributed by atoms with Crippen LogP contribution in [0.5, 0.6) is 0 Å². The number of rotatable bonds is 7. The van der Waals surface area contributed by atoms with Gasteiger partial charge in [-0.1, -0.05) is 0 Å². The molecule has 1 aromatic rings. The Labute approximate surface area is 154 Å². The molecule has 1 saturated heterocycles. The van der Waals surface area contributed by atoms with E-state index in [9.17, 15) is 14.9 Å². The van der Waals surface area contributed by atoms with Crippen molar-refractivity contribution in [3.8, 4) is 0 Å². The third-order valence-electron chi connectivity index (χ3n) is 4.81. The SMILES string of the molecule is CNC(=O)c1ccc(NC(C)(C)CCN2CCN(C)CC2)c([N+](=O)[O-])c1. The van der Waals surface area contributed by atoms with E-state index < -0.39 is 4.92 Å². The van der Waals surface area contributed by atoms with Gasteiger partial charge in [-0.2, -0.15) is 0 Å². The van der Waals surface area contributed by atoms with E-state index in [-0.39, 0.29) is 22.7 Å². The van der Waals surface area contributed by atoms with Crippen LogP contribution in [0, 0.1) is 10.1 Å². The number of carbonyl (C=O) groups excluding carboxylic acids is 1. The van der Waals surface area contributed by atoms with Gasteiger partial charge < -0.3 is 20.4 Å². The molecule has 0 aromatic heterocycles. The standard InChI is InChI=1S/C18H29N5O3/c1-18(2,7-8-22-11-9-21(4)10-12-22)20-15-6-5-14(17(24)19-3)13-16(15)23(25)26/h5-6,13,20H,7-12H2,1-4H3,(H,19,24). The van der Waals surface area contributed by atoms with Gasteiger partial charge in [-0.3, -0.25) is 14.9 Å². The number of nitrogens with one attached hydrogen (secondary N) is 2. The summed E-state index contributed by atoms with van der Waals surface area (Å²) in [6, 6.07) is 4.53. The van der Waals surface area contributed by atoms with Crippen LogP contribution in [0.3, 0.4) is 0 Å². The number of nitro groups is 1. The Balaban J connectivity index is 2.05. The highest BCUT2D eigenvalue weighted by Gasteiger charge is 2.25. The molecule has 0 saturated carbocycles. The van der Waals surface area contributed by atoms with Crippen molar-refractivity contribution in [1.29, 1.82) is 0 Å². The normalized spacial score (nSPS) is 16.3. The molecule has 2 rings (SSSR count). The number of piperazine rings is 1. The molecule has 0 bridgehead atoms. The summed E-state index contributed by atoms with van der Waals surface area (Å²) >= 11 is 0. The molecular weight excluding hydrogens is 334 g/mol. The highest BCUT2D eigenvalue weighted by molar-refractivity contribution is 5.95. The average Bonchev–Trinajstić information content (AvgIpc) is 2.60. The summed E-state index contributed by atoms with van der Waals surface area (Å²) in [5.41, 5.74) is 0.327. The number of hydrogen-bond acceptors (Lipinski definition) is 6. The molecule has 0 radical (unpaired) electrons. The third-order valence-corrected chi connectivity index (χ3v) is 4.81. The van der Waals surface area contributed by atoms with Crippen molar-refractivity contribution < 1.29 is 9.72 Å². The van der Waals surface area contributed by atoms with E-state index in [1.54, 1.807) is 12.1 Å². The van der Waals surface area contributed by atoms with Crippen LogP contribution in [0.4, 0.5) is 11.4 Å². The summed E-state index contributed by atoms with van der Waals surface area (Å²) < 4.78 is 0. The molecule has 26 heavy (non-hydrogen) atoms. The van der Waals surface area contributed by atoms with Crippen molar-refractivity contribution in [3.63, 3.8) is 0 Å². The lowest BCUT2D eigenvalue weighted by Gasteiger charge is -2.35. The predicted octanol–water partition coefficient (Wildman–Crippen LogP) is 1.78. The average molecular weight is 363 g/mol. The Kier molecular flexibility index (Phi) is 6.55. The fourth-order valence-corrected chi connectivity index (χ4v) is 3.01. The molecular formula is C18H29N5O3. The van der Waals surface area contributed by atoms with E-state index in [1.807, 2.05) is 13.8 Å². The number of nitro benzene ring substituents is 1. The van der Waals surface area contributed by atoms with Crippen LogP contribution >= 0.6 is 0 Å². The maximum absolute atomic E-state index is 11.7. The van der Waals surface area contributed by atoms with Crippen LogP contribution in [-0.4, -0.2) is 73.0 Å². The molecule has 0 aliphatic carbocycles. The second-order valence-electron chi connectivity index (χ2n) is 7.47. The summed E-state index contributed by atoms with van der Waals surface area (Å²) in [6.07, 6.45) is 0.866. The summed E-state index contributed by atoms with van der Waals surface area (Å²) in [7, 11) is 3.63. The molecule has 1 aliphatic heterocycles. The van der Waals surface area contributed by atoms with E-state index in [1.165, 1.54) is 13.1 Å². The number of amides is 1. The van der Waals surface area contributed by atoms with Crippen molar-refractivity contribution in [3.05, 3.63) is 33.9 Å². The van der Waals surface area contributed by atoms with E-state index in [4.69, 9.17) is 0 Å². The Morgan fingerprint density at radius 2 is 1.92 bits per heavy atom. The van der Waals surface area contributed by atoms with Crippen molar-refractivity contribution in [2.75, 3.05) is 52.1 Å². The third kappa shape index (κ3) is 5.40. The number of hydrogen-bond donors (Lipinski definition) is 2. The highest BCUT2D eigenvalue weighted by Crippen LogP contribution is 2.29. The Bertz CT molecular complexity index is 654. The smallest absolute Gasteiger partial charge is 0.293 e. The van der Waals surface area contributed by atoms with Crippen molar-refractivity contribution in [2.45, 2.75) is 25.8 Å². The first-order valence-electron chi connectivity index (χ1n) is 8.91. The van der Waals surface area contributed by atoms with Crippen LogP contribution in [0.1, 0.15) is 30.6 Å². The zero-order valence-corrected chi connectivity index (χ0v) is 16.0. The van der Waals surface area contributed by atoms with Crippen LogP contribution in [0.25, 0.3) is 0 Å². The van der Waals surface area contributed by atoms with Gasteiger partial charge in [0.25, 0.3) is 11.6 Å². The number of anilines is 1. The quantitative estimate of drug-likeness (QED) is 0.567. The summed E-state index contributed by atoms with van der Waals surface area (Å²) in [5.74, 6) is -0.339. The second-order valence-corrected chi connectivity index (χ2v) is 7.47. The maximum Gasteiger partial charge on any atom is 0.293 e. The number of likely N-dealkylation sites (N-methyl/N-ethyl adjacent to an activating group) is 1. The minimum absolute atomic E-state index is 0.0845. The molecule has 1 heterocycles. The highest BCUT2D eigenvalue weighted by atomic mass is 16.6. The first kappa shape index (κ1) is 20.1. The van der Waals surface area contributed by atoms with Gasteiger partial charge in [-0.05, 0) is 39.4 Å². The first-order valence-corrected chi connectivity index (χ1v) is 8.91. The summed E-state index contributed by atoms with van der Waals surface area (Å²) in [6.45, 7) is 9.26. The van der Waals surface area contributed by atoms with E-state index in [0.29, 0.717) is 5.69 Å². The topological polar surface area (TPSA) is 90.8 Å². The zero-order chi connectivity index (χ0) is 19.3. The number of benzene rings is 1. The predicted molar refractivity (Wildman–Crippen MR) is 103 cm³/mol. The molecule has 0 spiro atoms. The van der Waals surface area contributed by atoms with Gasteiger partial charge in [-0.25, -0.2) is 0 Å². The lowest BCUT2D eigenvalue weighted by molar-refractivity contribution is -0.384. The lowest BCUT2D eigenvalue weighted by Crippen LogP contribution is -2.46. The monoisotopic (exact) mass is 363 g/mol. The van der Waals surface area contributed by atoms with Crippen LogP contribution < -0.4 is 10.6 Å². The molecule has 144 valence electrons. The Hall–Kier alpha value is -2.19. The molecule has 8 heteroatoms. The van der Waals surface area contributed by atoms with Crippen molar-refractivity contribution in [1.82, 2.24) is 15.1 Å². The molecule has 1 aromatic carbocycles. The molecule has 1 fully saturated rings. The van der Waals surface area contributed by atoms with Gasteiger partial charge in [-0.15, -0.1) is 0 Å². The van der Waals surface area contributed by atoms with Crippen molar-refractivity contribution in [2.24, 2.45) is 0 Å². The van der Waals surface area contributed by atoms with Crippen LogP contribution in [0.15, 0.2) is 18.2 Å². The van der Waals surface area contributed by atoms with Crippen LogP contribution in [-0.2, 0) is 0 Å². The van der Waals surface area contributed by atoms with Gasteiger partial charge in [0.15, 0.2) is 0 Å². The molecule has 0 unspecified atom stereocenters. The van der Waals surface area contributed by atoms with E-state index >= 15 is 0 Å². The van der Waals surface area contributed by atoms with Gasteiger partial charge in [0.1, 0.15) is 5.69 Å². The van der Waals surface area contributed by atoms with E-state index in [2.05, 4.69) is 27.5 Å². The number of carbonyl (C=O) groups is 1. The molecule has 0 atom stereocenters. The summed E-state index contributed by atoms with van der Waals surface area (Å²) in [4.78, 5) is 27.4. The Morgan fingerprint density at radius 1 is 1.27 bits per heavy atom. The van der Waals surface area contributed by atoms with Crippen molar-refractivity contribution >= 4 is 17.3 Å². The lowest BCUT2D eigenvalue weighted by atomic mass is 9.99. The largest absolute Gasteiger partial charge is 0.375 e. The first-order chi connectivity index (χ1) is 12.2. The van der Waals surface area contributed by atoms with Gasteiger partial charge in [0.2, 0.25) is 0 Å².